The predicted molar refractivity (Wildman–Crippen MR) is 74.3 cm³/mol. The Balaban J connectivity index is 2.33. The molecule has 98 valence electrons. The fraction of sp³-hybridized carbons (Fsp3) is 0.562. The molecule has 1 aliphatic rings. The molecule has 0 aromatic heterocycles. The highest BCUT2D eigenvalue weighted by molar-refractivity contribution is 5.87. The van der Waals surface area contributed by atoms with Gasteiger partial charge < -0.3 is 4.90 Å². The third-order valence-electron chi connectivity index (χ3n) is 3.80. The highest BCUT2D eigenvalue weighted by atomic mass is 16.2. The summed E-state index contributed by atoms with van der Waals surface area (Å²) in [6.07, 6.45) is 0.921. The van der Waals surface area contributed by atoms with Crippen molar-refractivity contribution in [1.29, 1.82) is 0 Å². The van der Waals surface area contributed by atoms with Crippen LogP contribution in [0.15, 0.2) is 24.3 Å². The molecule has 1 aliphatic heterocycles. The average Bonchev–Trinajstić information content (AvgIpc) is 2.26. The number of β-lactam (4-membered cyclic amide) rings is 1. The van der Waals surface area contributed by atoms with Gasteiger partial charge in [-0.15, -0.1) is 0 Å². The van der Waals surface area contributed by atoms with Crippen LogP contribution in [0.4, 0.5) is 0 Å². The van der Waals surface area contributed by atoms with Gasteiger partial charge in [0.1, 0.15) is 0 Å². The van der Waals surface area contributed by atoms with Crippen LogP contribution in [0.1, 0.15) is 51.3 Å². The Hall–Kier alpha value is -1.31. The second-order valence-corrected chi connectivity index (χ2v) is 6.25. The number of amides is 1. The third-order valence-corrected chi connectivity index (χ3v) is 3.80. The minimum atomic E-state index is -0.0989. The summed E-state index contributed by atoms with van der Waals surface area (Å²) < 4.78 is 0. The predicted octanol–water partition coefficient (Wildman–Crippen LogP) is 3.70. The van der Waals surface area contributed by atoms with Gasteiger partial charge in [0.15, 0.2) is 0 Å². The van der Waals surface area contributed by atoms with Crippen molar-refractivity contribution in [2.45, 2.75) is 52.6 Å². The summed E-state index contributed by atoms with van der Waals surface area (Å²) in [5.41, 5.74) is 2.43. The molecule has 0 unspecified atom stereocenters. The van der Waals surface area contributed by atoms with E-state index in [0.717, 1.165) is 6.42 Å². The normalized spacial score (nSPS) is 24.1. The quantitative estimate of drug-likeness (QED) is 0.727. The highest BCUT2D eigenvalue weighted by Gasteiger charge is 2.50. The first-order chi connectivity index (χ1) is 8.36. The lowest BCUT2D eigenvalue weighted by Gasteiger charge is -2.54. The smallest absolute Gasteiger partial charge is 0.229 e. The second kappa shape index (κ2) is 4.42. The van der Waals surface area contributed by atoms with Crippen molar-refractivity contribution < 1.29 is 4.79 Å². The molecule has 1 aromatic carbocycles. The van der Waals surface area contributed by atoms with Crippen molar-refractivity contribution in [3.63, 3.8) is 0 Å². The number of hydrogen-bond acceptors (Lipinski definition) is 1. The number of carbonyl (C=O) groups is 1. The van der Waals surface area contributed by atoms with E-state index in [0.29, 0.717) is 5.91 Å². The zero-order valence-corrected chi connectivity index (χ0v) is 12.0. The lowest BCUT2D eigenvalue weighted by atomic mass is 9.77. The summed E-state index contributed by atoms with van der Waals surface area (Å²) in [4.78, 5) is 14.2. The van der Waals surface area contributed by atoms with Crippen LogP contribution in [-0.2, 0) is 4.79 Å². The number of benzene rings is 1. The van der Waals surface area contributed by atoms with Gasteiger partial charge in [-0.1, -0.05) is 36.8 Å². The van der Waals surface area contributed by atoms with Crippen molar-refractivity contribution in [2.75, 3.05) is 0 Å². The van der Waals surface area contributed by atoms with Crippen LogP contribution in [0.3, 0.4) is 0 Å². The lowest BCUT2D eigenvalue weighted by Crippen LogP contribution is -2.61. The molecular weight excluding hydrogens is 222 g/mol. The molecule has 0 saturated carbocycles. The van der Waals surface area contributed by atoms with Crippen molar-refractivity contribution in [3.05, 3.63) is 35.4 Å². The molecule has 0 N–H and O–H groups in total. The zero-order valence-electron chi connectivity index (χ0n) is 12.0. The van der Waals surface area contributed by atoms with E-state index in [1.54, 1.807) is 0 Å². The SMILES string of the molecule is CC[C@H]1C(=O)N(C(C)(C)C)[C@H]1c1ccc(C)cc1. The van der Waals surface area contributed by atoms with Crippen LogP contribution in [0.2, 0.25) is 0 Å². The van der Waals surface area contributed by atoms with Crippen molar-refractivity contribution >= 4 is 5.91 Å². The molecule has 18 heavy (non-hydrogen) atoms. The highest BCUT2D eigenvalue weighted by Crippen LogP contribution is 2.46. The van der Waals surface area contributed by atoms with E-state index in [4.69, 9.17) is 0 Å². The Labute approximate surface area is 110 Å². The van der Waals surface area contributed by atoms with Crippen molar-refractivity contribution in [1.82, 2.24) is 4.90 Å². The minimum absolute atomic E-state index is 0.0989. The van der Waals surface area contributed by atoms with Gasteiger partial charge in [0, 0.05) is 5.54 Å². The largest absolute Gasteiger partial charge is 0.330 e. The molecule has 1 amide bonds. The average molecular weight is 245 g/mol. The molecule has 0 radical (unpaired) electrons. The Kier molecular flexibility index (Phi) is 3.22. The van der Waals surface area contributed by atoms with Crippen LogP contribution in [-0.4, -0.2) is 16.3 Å². The molecular formula is C16H23NO. The number of likely N-dealkylation sites (tertiary alicyclic amines) is 1. The van der Waals surface area contributed by atoms with E-state index in [1.807, 2.05) is 4.90 Å². The van der Waals surface area contributed by atoms with Gasteiger partial charge in [-0.25, -0.2) is 0 Å². The van der Waals surface area contributed by atoms with Crippen molar-refractivity contribution in [3.8, 4) is 0 Å². The van der Waals surface area contributed by atoms with E-state index in [9.17, 15) is 4.79 Å². The van der Waals surface area contributed by atoms with Gasteiger partial charge in [-0.3, -0.25) is 4.79 Å². The first-order valence-electron chi connectivity index (χ1n) is 6.76. The van der Waals surface area contributed by atoms with Crippen LogP contribution < -0.4 is 0 Å². The standard InChI is InChI=1S/C16H23NO/c1-6-13-14(12-9-7-11(2)8-10-12)17(15(13)18)16(3,4)5/h7-10,13-14H,6H2,1-5H3/t13-,14+/m1/s1. The molecule has 1 aromatic rings. The Bertz CT molecular complexity index is 441. The van der Waals surface area contributed by atoms with Gasteiger partial charge in [0.2, 0.25) is 5.91 Å². The molecule has 1 fully saturated rings. The van der Waals surface area contributed by atoms with Gasteiger partial charge in [-0.2, -0.15) is 0 Å². The van der Waals surface area contributed by atoms with E-state index in [1.165, 1.54) is 11.1 Å². The molecule has 2 rings (SSSR count). The number of aryl methyl sites for hydroxylation is 1. The monoisotopic (exact) mass is 245 g/mol. The van der Waals surface area contributed by atoms with Gasteiger partial charge in [0.25, 0.3) is 0 Å². The van der Waals surface area contributed by atoms with Crippen LogP contribution in [0.5, 0.6) is 0 Å². The van der Waals surface area contributed by atoms with Crippen LogP contribution in [0.25, 0.3) is 0 Å². The fourth-order valence-electron chi connectivity index (χ4n) is 2.84. The molecule has 1 heterocycles. The first kappa shape index (κ1) is 13.1. The Morgan fingerprint density at radius 2 is 1.72 bits per heavy atom. The summed E-state index contributed by atoms with van der Waals surface area (Å²) in [6, 6.07) is 8.84. The summed E-state index contributed by atoms with van der Waals surface area (Å²) in [7, 11) is 0. The van der Waals surface area contributed by atoms with Gasteiger partial charge in [-0.05, 0) is 39.7 Å². The van der Waals surface area contributed by atoms with Crippen molar-refractivity contribution in [2.24, 2.45) is 5.92 Å². The van der Waals surface area contributed by atoms with E-state index in [-0.39, 0.29) is 17.5 Å². The first-order valence-corrected chi connectivity index (χ1v) is 6.76. The summed E-state index contributed by atoms with van der Waals surface area (Å²) in [5, 5.41) is 0. The minimum Gasteiger partial charge on any atom is -0.330 e. The van der Waals surface area contributed by atoms with Crippen LogP contribution in [0, 0.1) is 12.8 Å². The Morgan fingerprint density at radius 1 is 1.17 bits per heavy atom. The summed E-state index contributed by atoms with van der Waals surface area (Å²) in [5.74, 6) is 0.461. The molecule has 2 heteroatoms. The topological polar surface area (TPSA) is 20.3 Å². The van der Waals surface area contributed by atoms with E-state index in [2.05, 4.69) is 58.9 Å². The molecule has 2 nitrogen and oxygen atoms in total. The molecule has 0 spiro atoms. The van der Waals surface area contributed by atoms with E-state index >= 15 is 0 Å². The maximum Gasteiger partial charge on any atom is 0.229 e. The summed E-state index contributed by atoms with van der Waals surface area (Å²) >= 11 is 0. The fourth-order valence-corrected chi connectivity index (χ4v) is 2.84. The van der Waals surface area contributed by atoms with Crippen LogP contribution >= 0.6 is 0 Å². The van der Waals surface area contributed by atoms with Gasteiger partial charge in [0.05, 0.1) is 12.0 Å². The second-order valence-electron chi connectivity index (χ2n) is 6.25. The van der Waals surface area contributed by atoms with E-state index < -0.39 is 0 Å². The maximum absolute atomic E-state index is 12.2. The molecule has 1 saturated heterocycles. The summed E-state index contributed by atoms with van der Waals surface area (Å²) in [6.45, 7) is 10.5. The molecule has 2 atom stereocenters. The molecule has 0 aliphatic carbocycles. The Morgan fingerprint density at radius 3 is 2.17 bits per heavy atom. The maximum atomic E-state index is 12.2. The number of rotatable bonds is 2. The van der Waals surface area contributed by atoms with Gasteiger partial charge >= 0.3 is 0 Å². The molecule has 0 bridgehead atoms. The number of hydrogen-bond donors (Lipinski definition) is 0. The zero-order chi connectivity index (χ0) is 13.5. The number of carbonyl (C=O) groups excluding carboxylic acids is 1. The lowest BCUT2D eigenvalue weighted by molar-refractivity contribution is -0.167. The third kappa shape index (κ3) is 2.05. The number of nitrogens with zero attached hydrogens (tertiary/aromatic N) is 1.